The van der Waals surface area contributed by atoms with Gasteiger partial charge in [0, 0.05) is 43.6 Å². The number of nitrogens with two attached hydrogens (primary N) is 1. The number of hydrogen-bond acceptors (Lipinski definition) is 9. The van der Waals surface area contributed by atoms with Gasteiger partial charge in [0.05, 0.1) is 36.1 Å². The quantitative estimate of drug-likeness (QED) is 0.388. The molecule has 0 aliphatic carbocycles. The van der Waals surface area contributed by atoms with Crippen molar-refractivity contribution in [1.29, 1.82) is 0 Å². The molecule has 0 radical (unpaired) electrons. The fourth-order valence-corrected chi connectivity index (χ4v) is 5.14. The third kappa shape index (κ3) is 4.72. The van der Waals surface area contributed by atoms with Crippen LogP contribution in [0, 0.1) is 6.92 Å². The first-order valence-electron chi connectivity index (χ1n) is 11.4. The highest BCUT2D eigenvalue weighted by atomic mass is 32.2. The first-order chi connectivity index (χ1) is 17.2. The van der Waals surface area contributed by atoms with Gasteiger partial charge in [0.25, 0.3) is 5.56 Å². The molecule has 0 bridgehead atoms. The first-order valence-corrected chi connectivity index (χ1v) is 13.2. The van der Waals surface area contributed by atoms with Crippen LogP contribution in [-0.4, -0.2) is 64.7 Å². The summed E-state index contributed by atoms with van der Waals surface area (Å²) < 4.78 is 26.6. The maximum absolute atomic E-state index is 12.7. The fourth-order valence-electron chi connectivity index (χ4n) is 4.32. The van der Waals surface area contributed by atoms with Crippen molar-refractivity contribution in [3.05, 3.63) is 70.9 Å². The van der Waals surface area contributed by atoms with Crippen molar-refractivity contribution in [3.8, 4) is 5.69 Å². The lowest BCUT2D eigenvalue weighted by atomic mass is 10.2. The summed E-state index contributed by atoms with van der Waals surface area (Å²) in [6, 6.07) is 10.7. The molecule has 5 rings (SSSR count). The summed E-state index contributed by atoms with van der Waals surface area (Å²) in [7, 11) is -3.18. The number of nitrogen functional groups attached to an aromatic ring is 1. The van der Waals surface area contributed by atoms with Crippen LogP contribution >= 0.6 is 0 Å². The van der Waals surface area contributed by atoms with Crippen LogP contribution in [-0.2, 0) is 10.0 Å². The second-order valence-electron chi connectivity index (χ2n) is 8.71. The van der Waals surface area contributed by atoms with Crippen LogP contribution in [0.4, 0.5) is 23.0 Å². The Morgan fingerprint density at radius 1 is 0.917 bits per heavy atom. The number of rotatable bonds is 5. The van der Waals surface area contributed by atoms with E-state index in [1.54, 1.807) is 47.3 Å². The summed E-state index contributed by atoms with van der Waals surface area (Å²) >= 11 is 0. The predicted octanol–water partition coefficient (Wildman–Crippen LogP) is 1.89. The summed E-state index contributed by atoms with van der Waals surface area (Å²) in [4.78, 5) is 28.0. The average Bonchev–Trinajstić information content (AvgIpc) is 2.84. The standard InChI is InChI=1S/C24H26N8O3S/c1-16-11-22(28-14-21(16)30-7-9-31(10-8-30)36(2,34)35)29-23-12-20-19(13-27-23)26-15-24(33)32(20)18-5-3-17(25)4-6-18/h3-6,11-15H,7-10,25H2,1-2H3,(H,27,28,29). The molecule has 1 saturated heterocycles. The molecule has 0 unspecified atom stereocenters. The summed E-state index contributed by atoms with van der Waals surface area (Å²) in [6.45, 7) is 4.09. The largest absolute Gasteiger partial charge is 0.399 e. The third-order valence-corrected chi connectivity index (χ3v) is 7.48. The molecule has 11 nitrogen and oxygen atoms in total. The zero-order valence-electron chi connectivity index (χ0n) is 19.9. The van der Waals surface area contributed by atoms with Crippen LogP contribution in [0.5, 0.6) is 0 Å². The summed E-state index contributed by atoms with van der Waals surface area (Å²) in [6.07, 6.45) is 5.89. The fraction of sp³-hybridized carbons (Fsp3) is 0.250. The topological polar surface area (TPSA) is 139 Å². The van der Waals surface area contributed by atoms with Crippen LogP contribution in [0.2, 0.25) is 0 Å². The van der Waals surface area contributed by atoms with Gasteiger partial charge in [0.1, 0.15) is 17.2 Å². The smallest absolute Gasteiger partial charge is 0.274 e. The van der Waals surface area contributed by atoms with E-state index < -0.39 is 10.0 Å². The van der Waals surface area contributed by atoms with Gasteiger partial charge in [-0.2, -0.15) is 4.31 Å². The number of piperazine rings is 1. The molecule has 36 heavy (non-hydrogen) atoms. The van der Waals surface area contributed by atoms with Gasteiger partial charge in [0.2, 0.25) is 10.0 Å². The molecule has 3 aromatic heterocycles. The Morgan fingerprint density at radius 3 is 2.25 bits per heavy atom. The molecule has 0 atom stereocenters. The monoisotopic (exact) mass is 506 g/mol. The minimum absolute atomic E-state index is 0.265. The molecule has 4 heterocycles. The molecule has 0 amide bonds. The number of anilines is 4. The lowest BCUT2D eigenvalue weighted by Crippen LogP contribution is -2.48. The molecule has 1 aromatic carbocycles. The Kier molecular flexibility index (Phi) is 6.06. The predicted molar refractivity (Wildman–Crippen MR) is 140 cm³/mol. The second-order valence-corrected chi connectivity index (χ2v) is 10.7. The number of sulfonamides is 1. The SMILES string of the molecule is Cc1cc(Nc2cc3c(cn2)ncc(=O)n3-c2ccc(N)cc2)ncc1N1CCN(S(C)(=O)=O)CC1. The van der Waals surface area contributed by atoms with E-state index in [4.69, 9.17) is 5.73 Å². The number of fused-ring (bicyclic) bond motifs is 1. The van der Waals surface area contributed by atoms with Crippen LogP contribution in [0.15, 0.2) is 59.8 Å². The van der Waals surface area contributed by atoms with E-state index in [0.717, 1.165) is 11.3 Å². The van der Waals surface area contributed by atoms with E-state index in [0.29, 0.717) is 60.2 Å². The van der Waals surface area contributed by atoms with Gasteiger partial charge in [-0.3, -0.25) is 9.36 Å². The number of aromatic nitrogens is 4. The number of pyridine rings is 2. The maximum atomic E-state index is 12.7. The Balaban J connectivity index is 1.40. The number of benzene rings is 1. The summed E-state index contributed by atoms with van der Waals surface area (Å²) in [5, 5.41) is 3.21. The van der Waals surface area contributed by atoms with Crippen LogP contribution in [0.3, 0.4) is 0 Å². The average molecular weight is 507 g/mol. The zero-order chi connectivity index (χ0) is 25.4. The Bertz CT molecular complexity index is 1590. The van der Waals surface area contributed by atoms with Gasteiger partial charge in [-0.05, 0) is 42.8 Å². The number of hydrogen-bond donors (Lipinski definition) is 2. The molecule has 1 aliphatic rings. The van der Waals surface area contributed by atoms with Crippen molar-refractivity contribution in [2.45, 2.75) is 6.92 Å². The highest BCUT2D eigenvalue weighted by Gasteiger charge is 2.24. The summed E-state index contributed by atoms with van der Waals surface area (Å²) in [5.41, 5.74) is 9.95. The van der Waals surface area contributed by atoms with E-state index in [9.17, 15) is 13.2 Å². The van der Waals surface area contributed by atoms with Crippen LogP contribution in [0.25, 0.3) is 16.7 Å². The molecule has 1 fully saturated rings. The molecular weight excluding hydrogens is 480 g/mol. The number of aryl methyl sites for hydroxylation is 1. The Hall–Kier alpha value is -4.03. The van der Waals surface area contributed by atoms with Gasteiger partial charge < -0.3 is 16.0 Å². The molecule has 12 heteroatoms. The second kappa shape index (κ2) is 9.21. The van der Waals surface area contributed by atoms with Gasteiger partial charge in [0.15, 0.2) is 0 Å². The van der Waals surface area contributed by atoms with E-state index in [1.165, 1.54) is 16.8 Å². The Morgan fingerprint density at radius 2 is 1.58 bits per heavy atom. The Labute approximate surface area is 208 Å². The van der Waals surface area contributed by atoms with Crippen molar-refractivity contribution in [2.75, 3.05) is 48.4 Å². The minimum atomic E-state index is -3.18. The normalized spacial score (nSPS) is 14.8. The molecule has 4 aromatic rings. The van der Waals surface area contributed by atoms with Gasteiger partial charge in [-0.15, -0.1) is 0 Å². The first kappa shape index (κ1) is 23.7. The molecular formula is C24H26N8O3S. The molecule has 1 aliphatic heterocycles. The van der Waals surface area contributed by atoms with Crippen molar-refractivity contribution in [3.63, 3.8) is 0 Å². The van der Waals surface area contributed by atoms with E-state index in [1.807, 2.05) is 13.0 Å². The van der Waals surface area contributed by atoms with Gasteiger partial charge in [-0.25, -0.2) is 23.4 Å². The molecule has 186 valence electrons. The van der Waals surface area contributed by atoms with Crippen molar-refractivity contribution in [2.24, 2.45) is 0 Å². The van der Waals surface area contributed by atoms with Crippen molar-refractivity contribution >= 4 is 44.1 Å². The molecule has 3 N–H and O–H groups in total. The maximum Gasteiger partial charge on any atom is 0.274 e. The molecule has 0 spiro atoms. The number of nitrogens with one attached hydrogen (secondary N) is 1. The highest BCUT2D eigenvalue weighted by molar-refractivity contribution is 7.88. The van der Waals surface area contributed by atoms with E-state index >= 15 is 0 Å². The lowest BCUT2D eigenvalue weighted by Gasteiger charge is -2.35. The lowest BCUT2D eigenvalue weighted by molar-refractivity contribution is 0.388. The molecule has 0 saturated carbocycles. The highest BCUT2D eigenvalue weighted by Crippen LogP contribution is 2.25. The minimum Gasteiger partial charge on any atom is -0.399 e. The van der Waals surface area contributed by atoms with E-state index in [-0.39, 0.29) is 5.56 Å². The van der Waals surface area contributed by atoms with Gasteiger partial charge in [-0.1, -0.05) is 0 Å². The van der Waals surface area contributed by atoms with E-state index in [2.05, 4.69) is 25.2 Å². The van der Waals surface area contributed by atoms with Crippen molar-refractivity contribution < 1.29 is 8.42 Å². The summed E-state index contributed by atoms with van der Waals surface area (Å²) in [5.74, 6) is 1.11. The zero-order valence-corrected chi connectivity index (χ0v) is 20.7. The third-order valence-electron chi connectivity index (χ3n) is 6.18. The van der Waals surface area contributed by atoms with Crippen molar-refractivity contribution in [1.82, 2.24) is 23.8 Å². The number of nitrogens with zero attached hydrogens (tertiary/aromatic N) is 6. The van der Waals surface area contributed by atoms with Crippen LogP contribution in [0.1, 0.15) is 5.56 Å². The van der Waals surface area contributed by atoms with Gasteiger partial charge >= 0.3 is 0 Å². The van der Waals surface area contributed by atoms with Crippen LogP contribution < -0.4 is 21.5 Å².